The molecule has 0 fully saturated rings. The third kappa shape index (κ3) is 6.73. The Bertz CT molecular complexity index is 374. The molecule has 0 bridgehead atoms. The number of esters is 1. The molecule has 4 nitrogen and oxygen atoms in total. The van der Waals surface area contributed by atoms with Crippen LogP contribution in [0.15, 0.2) is 10.6 Å². The predicted molar refractivity (Wildman–Crippen MR) is 78.8 cm³/mol. The lowest BCUT2D eigenvalue weighted by atomic mass is 10.1. The number of ether oxygens (including phenoxy) is 1. The standard InChI is InChI=1S/C16H27NO3/c1-3-5-6-7-8-9-10-11-12-14-13-15(17-20-14)16(18)19-4-2/h13H,3-12H2,1-2H3. The van der Waals surface area contributed by atoms with Crippen molar-refractivity contribution in [3.8, 4) is 0 Å². The maximum Gasteiger partial charge on any atom is 0.360 e. The van der Waals surface area contributed by atoms with Crippen LogP contribution < -0.4 is 0 Å². The molecule has 0 unspecified atom stereocenters. The summed E-state index contributed by atoms with van der Waals surface area (Å²) in [7, 11) is 0. The van der Waals surface area contributed by atoms with Crippen LogP contribution in [-0.4, -0.2) is 17.7 Å². The second-order valence-corrected chi connectivity index (χ2v) is 5.12. The molecule has 0 atom stereocenters. The van der Waals surface area contributed by atoms with Crippen molar-refractivity contribution in [2.45, 2.75) is 71.6 Å². The third-order valence-corrected chi connectivity index (χ3v) is 3.32. The first-order valence-corrected chi connectivity index (χ1v) is 7.90. The van der Waals surface area contributed by atoms with Crippen molar-refractivity contribution in [2.75, 3.05) is 6.61 Å². The van der Waals surface area contributed by atoms with Gasteiger partial charge in [0.2, 0.25) is 0 Å². The van der Waals surface area contributed by atoms with Crippen LogP contribution in [-0.2, 0) is 11.2 Å². The second kappa shape index (κ2) is 10.5. The van der Waals surface area contributed by atoms with Crippen molar-refractivity contribution in [1.82, 2.24) is 5.16 Å². The summed E-state index contributed by atoms with van der Waals surface area (Å²) >= 11 is 0. The van der Waals surface area contributed by atoms with E-state index in [0.717, 1.165) is 18.6 Å². The summed E-state index contributed by atoms with van der Waals surface area (Å²) < 4.78 is 10.0. The van der Waals surface area contributed by atoms with Gasteiger partial charge in [0.05, 0.1) is 6.61 Å². The lowest BCUT2D eigenvalue weighted by molar-refractivity contribution is 0.0514. The van der Waals surface area contributed by atoms with Crippen LogP contribution in [0, 0.1) is 0 Å². The Morgan fingerprint density at radius 3 is 2.40 bits per heavy atom. The van der Waals surface area contributed by atoms with Crippen LogP contribution in [0.3, 0.4) is 0 Å². The van der Waals surface area contributed by atoms with Gasteiger partial charge in [-0.1, -0.05) is 57.0 Å². The van der Waals surface area contributed by atoms with Crippen LogP contribution in [0.4, 0.5) is 0 Å². The van der Waals surface area contributed by atoms with Gasteiger partial charge in [0.25, 0.3) is 0 Å². The van der Waals surface area contributed by atoms with E-state index in [0.29, 0.717) is 6.61 Å². The largest absolute Gasteiger partial charge is 0.461 e. The Labute approximate surface area is 121 Å². The third-order valence-electron chi connectivity index (χ3n) is 3.32. The quantitative estimate of drug-likeness (QED) is 0.441. The molecule has 0 saturated heterocycles. The van der Waals surface area contributed by atoms with Crippen LogP contribution in [0.2, 0.25) is 0 Å². The normalized spacial score (nSPS) is 10.7. The highest BCUT2D eigenvalue weighted by Crippen LogP contribution is 2.12. The molecule has 4 heteroatoms. The molecule has 20 heavy (non-hydrogen) atoms. The SMILES string of the molecule is CCCCCCCCCCc1cc(C(=O)OCC)no1. The van der Waals surface area contributed by atoms with Crippen LogP contribution >= 0.6 is 0 Å². The van der Waals surface area contributed by atoms with Crippen molar-refractivity contribution in [3.63, 3.8) is 0 Å². The minimum atomic E-state index is -0.404. The first kappa shape index (κ1) is 16.7. The number of rotatable bonds is 11. The number of aromatic nitrogens is 1. The van der Waals surface area contributed by atoms with E-state index in [4.69, 9.17) is 9.26 Å². The number of hydrogen-bond donors (Lipinski definition) is 0. The van der Waals surface area contributed by atoms with E-state index < -0.39 is 5.97 Å². The zero-order valence-corrected chi connectivity index (χ0v) is 12.8. The molecule has 0 aliphatic carbocycles. The number of nitrogens with zero attached hydrogens (tertiary/aromatic N) is 1. The van der Waals surface area contributed by atoms with E-state index in [2.05, 4.69) is 12.1 Å². The van der Waals surface area contributed by atoms with Gasteiger partial charge >= 0.3 is 5.97 Å². The summed E-state index contributed by atoms with van der Waals surface area (Å²) in [4.78, 5) is 11.4. The van der Waals surface area contributed by atoms with Gasteiger partial charge in [-0.2, -0.15) is 0 Å². The Kier molecular flexibility index (Phi) is 8.76. The van der Waals surface area contributed by atoms with Crippen LogP contribution in [0.5, 0.6) is 0 Å². The average Bonchev–Trinajstić information content (AvgIpc) is 2.91. The smallest absolute Gasteiger partial charge is 0.360 e. The van der Waals surface area contributed by atoms with E-state index in [1.165, 1.54) is 44.9 Å². The predicted octanol–water partition coefficient (Wildman–Crippen LogP) is 4.53. The van der Waals surface area contributed by atoms with Crippen LogP contribution in [0.25, 0.3) is 0 Å². The molecule has 0 N–H and O–H groups in total. The van der Waals surface area contributed by atoms with Gasteiger partial charge < -0.3 is 9.26 Å². The lowest BCUT2D eigenvalue weighted by Gasteiger charge is -2.00. The zero-order chi connectivity index (χ0) is 14.6. The highest BCUT2D eigenvalue weighted by molar-refractivity contribution is 5.87. The van der Waals surface area contributed by atoms with E-state index >= 15 is 0 Å². The van der Waals surface area contributed by atoms with Gasteiger partial charge in [-0.25, -0.2) is 4.79 Å². The molecule has 0 aromatic carbocycles. The number of hydrogen-bond acceptors (Lipinski definition) is 4. The van der Waals surface area contributed by atoms with Gasteiger partial charge in [0.15, 0.2) is 5.69 Å². The highest BCUT2D eigenvalue weighted by Gasteiger charge is 2.12. The fourth-order valence-electron chi connectivity index (χ4n) is 2.17. The molecule has 0 aliphatic heterocycles. The minimum Gasteiger partial charge on any atom is -0.461 e. The van der Waals surface area contributed by atoms with E-state index in [9.17, 15) is 4.79 Å². The summed E-state index contributed by atoms with van der Waals surface area (Å²) in [6.45, 7) is 4.38. The van der Waals surface area contributed by atoms with Gasteiger partial charge in [0, 0.05) is 12.5 Å². The van der Waals surface area contributed by atoms with E-state index in [1.807, 2.05) is 0 Å². The monoisotopic (exact) mass is 281 g/mol. The highest BCUT2D eigenvalue weighted by atomic mass is 16.5. The minimum absolute atomic E-state index is 0.279. The van der Waals surface area contributed by atoms with Gasteiger partial charge in [-0.3, -0.25) is 0 Å². The molecule has 0 amide bonds. The average molecular weight is 281 g/mol. The summed E-state index contributed by atoms with van der Waals surface area (Å²) in [5, 5.41) is 3.73. The summed E-state index contributed by atoms with van der Waals surface area (Å²) in [6.07, 6.45) is 11.1. The topological polar surface area (TPSA) is 52.3 Å². The van der Waals surface area contributed by atoms with Crippen molar-refractivity contribution in [2.24, 2.45) is 0 Å². The lowest BCUT2D eigenvalue weighted by Crippen LogP contribution is -2.04. The Morgan fingerprint density at radius 2 is 1.75 bits per heavy atom. The molecule has 1 aromatic rings. The molecule has 0 spiro atoms. The Hall–Kier alpha value is -1.32. The van der Waals surface area contributed by atoms with E-state index in [-0.39, 0.29) is 5.69 Å². The molecule has 0 saturated carbocycles. The molecule has 0 radical (unpaired) electrons. The number of carbonyl (C=O) groups excluding carboxylic acids is 1. The molecule has 114 valence electrons. The van der Waals surface area contributed by atoms with Crippen molar-refractivity contribution >= 4 is 5.97 Å². The van der Waals surface area contributed by atoms with Gasteiger partial charge in [-0.15, -0.1) is 0 Å². The van der Waals surface area contributed by atoms with Gasteiger partial charge in [0.1, 0.15) is 5.76 Å². The van der Waals surface area contributed by atoms with Gasteiger partial charge in [-0.05, 0) is 13.3 Å². The first-order valence-electron chi connectivity index (χ1n) is 7.90. The molecule has 1 rings (SSSR count). The maximum absolute atomic E-state index is 11.4. The molecule has 0 aliphatic rings. The van der Waals surface area contributed by atoms with Crippen molar-refractivity contribution in [3.05, 3.63) is 17.5 Å². The first-order chi connectivity index (χ1) is 9.77. The molecule has 1 aromatic heterocycles. The Balaban J connectivity index is 2.09. The fraction of sp³-hybridized carbons (Fsp3) is 0.750. The molecular weight excluding hydrogens is 254 g/mol. The number of aryl methyl sites for hydroxylation is 1. The molecule has 1 heterocycles. The summed E-state index contributed by atoms with van der Waals surface area (Å²) in [5.74, 6) is 0.373. The summed E-state index contributed by atoms with van der Waals surface area (Å²) in [6, 6.07) is 1.69. The van der Waals surface area contributed by atoms with Crippen molar-refractivity contribution < 1.29 is 14.1 Å². The van der Waals surface area contributed by atoms with Crippen molar-refractivity contribution in [1.29, 1.82) is 0 Å². The molecular formula is C16H27NO3. The fourth-order valence-corrected chi connectivity index (χ4v) is 2.17. The zero-order valence-electron chi connectivity index (χ0n) is 12.8. The number of carbonyl (C=O) groups is 1. The maximum atomic E-state index is 11.4. The second-order valence-electron chi connectivity index (χ2n) is 5.12. The summed E-state index contributed by atoms with van der Waals surface area (Å²) in [5.41, 5.74) is 0.279. The Morgan fingerprint density at radius 1 is 1.10 bits per heavy atom. The number of unbranched alkanes of at least 4 members (excludes halogenated alkanes) is 7. The van der Waals surface area contributed by atoms with E-state index in [1.54, 1.807) is 13.0 Å². The van der Waals surface area contributed by atoms with Crippen LogP contribution in [0.1, 0.15) is 81.5 Å².